The smallest absolute Gasteiger partial charge is 0.343 e. The molecule has 2 nitrogen and oxygen atoms in total. The molecule has 0 heterocycles. The Bertz CT molecular complexity index is 1030. The molecule has 1 aliphatic rings. The summed E-state index contributed by atoms with van der Waals surface area (Å²) < 4.78 is 41.3. The van der Waals surface area contributed by atoms with Crippen molar-refractivity contribution in [2.24, 2.45) is 0 Å². The number of alkyl halides is 3. The minimum absolute atomic E-state index is 0.148. The van der Waals surface area contributed by atoms with Crippen LogP contribution in [0.25, 0.3) is 6.08 Å². The van der Waals surface area contributed by atoms with Gasteiger partial charge in [-0.15, -0.1) is 6.58 Å². The van der Waals surface area contributed by atoms with E-state index in [-0.39, 0.29) is 17.0 Å². The van der Waals surface area contributed by atoms with E-state index in [0.29, 0.717) is 32.8 Å². The molecule has 0 spiro atoms. The summed E-state index contributed by atoms with van der Waals surface area (Å²) in [7, 11) is 0. The fourth-order valence-electron chi connectivity index (χ4n) is 3.63. The van der Waals surface area contributed by atoms with Crippen LogP contribution in [0.2, 0.25) is 5.02 Å². The SMILES string of the molecule is C=CC1(NC(=O)c2ccc(/C=C/C(c3cc(C)c(Cl)c(C)c3)C(F)(F)F)cc2C)CC1. The average molecular weight is 448 g/mol. The van der Waals surface area contributed by atoms with Crippen LogP contribution in [0, 0.1) is 20.8 Å². The minimum atomic E-state index is -4.44. The molecule has 1 aliphatic carbocycles. The number of carbonyl (C=O) groups excluding carboxylic acids is 1. The Hall–Kier alpha value is -2.53. The average Bonchev–Trinajstić information content (AvgIpc) is 3.45. The maximum Gasteiger partial charge on any atom is 0.399 e. The monoisotopic (exact) mass is 447 g/mol. The third-order valence-corrected chi connectivity index (χ3v) is 6.28. The first kappa shape index (κ1) is 23.1. The molecule has 3 rings (SSSR count). The molecule has 2 aromatic carbocycles. The molecule has 0 aliphatic heterocycles. The number of carbonyl (C=O) groups is 1. The first-order valence-corrected chi connectivity index (χ1v) is 10.4. The van der Waals surface area contributed by atoms with Gasteiger partial charge >= 0.3 is 6.18 Å². The van der Waals surface area contributed by atoms with Gasteiger partial charge in [-0.1, -0.05) is 54.1 Å². The number of amides is 1. The second-order valence-electron chi connectivity index (χ2n) is 8.24. The van der Waals surface area contributed by atoms with Crippen molar-refractivity contribution in [2.45, 2.75) is 51.2 Å². The van der Waals surface area contributed by atoms with Crippen LogP contribution in [-0.2, 0) is 0 Å². The molecule has 1 fully saturated rings. The highest BCUT2D eigenvalue weighted by atomic mass is 35.5. The number of allylic oxidation sites excluding steroid dienone is 1. The van der Waals surface area contributed by atoms with E-state index < -0.39 is 12.1 Å². The summed E-state index contributed by atoms with van der Waals surface area (Å²) in [5.41, 5.74) is 2.84. The summed E-state index contributed by atoms with van der Waals surface area (Å²) in [6, 6.07) is 7.96. The zero-order chi connectivity index (χ0) is 23.0. The molecule has 1 N–H and O–H groups in total. The minimum Gasteiger partial charge on any atom is -0.343 e. The molecule has 1 atom stereocenters. The molecule has 0 saturated heterocycles. The summed E-state index contributed by atoms with van der Waals surface area (Å²) in [5, 5.41) is 3.44. The van der Waals surface area contributed by atoms with E-state index in [4.69, 9.17) is 11.6 Å². The number of hydrogen-bond donors (Lipinski definition) is 1. The van der Waals surface area contributed by atoms with Crippen LogP contribution in [0.3, 0.4) is 0 Å². The van der Waals surface area contributed by atoms with Gasteiger partial charge in [-0.05, 0) is 67.5 Å². The van der Waals surface area contributed by atoms with Crippen LogP contribution < -0.4 is 5.32 Å². The van der Waals surface area contributed by atoms with E-state index in [1.165, 1.54) is 18.2 Å². The van der Waals surface area contributed by atoms with E-state index in [0.717, 1.165) is 18.9 Å². The first-order valence-electron chi connectivity index (χ1n) is 10.0. The molecule has 1 saturated carbocycles. The summed E-state index contributed by atoms with van der Waals surface area (Å²) in [4.78, 5) is 12.5. The van der Waals surface area contributed by atoms with Crippen molar-refractivity contribution in [3.8, 4) is 0 Å². The van der Waals surface area contributed by atoms with Gasteiger partial charge < -0.3 is 5.32 Å². The van der Waals surface area contributed by atoms with Crippen LogP contribution in [0.4, 0.5) is 13.2 Å². The van der Waals surface area contributed by atoms with E-state index in [1.807, 2.05) is 0 Å². The highest BCUT2D eigenvalue weighted by Crippen LogP contribution is 2.39. The summed E-state index contributed by atoms with van der Waals surface area (Å²) in [5.74, 6) is -1.96. The molecule has 0 radical (unpaired) electrons. The maximum atomic E-state index is 13.8. The van der Waals surface area contributed by atoms with Crippen molar-refractivity contribution in [1.82, 2.24) is 5.32 Å². The lowest BCUT2D eigenvalue weighted by Gasteiger charge is -2.19. The zero-order valence-corrected chi connectivity index (χ0v) is 18.5. The van der Waals surface area contributed by atoms with E-state index in [9.17, 15) is 18.0 Å². The van der Waals surface area contributed by atoms with Crippen molar-refractivity contribution in [1.29, 1.82) is 0 Å². The van der Waals surface area contributed by atoms with Crippen LogP contribution in [-0.4, -0.2) is 17.6 Å². The quantitative estimate of drug-likeness (QED) is 0.471. The number of nitrogens with one attached hydrogen (secondary N) is 1. The number of hydrogen-bond acceptors (Lipinski definition) is 1. The molecule has 164 valence electrons. The predicted molar refractivity (Wildman–Crippen MR) is 120 cm³/mol. The van der Waals surface area contributed by atoms with Gasteiger partial charge in [0.15, 0.2) is 0 Å². The molecule has 6 heteroatoms. The molecule has 2 aromatic rings. The second kappa shape index (κ2) is 8.54. The Balaban J connectivity index is 1.85. The van der Waals surface area contributed by atoms with Crippen molar-refractivity contribution in [3.05, 3.63) is 87.5 Å². The normalized spacial score (nSPS) is 16.2. The third kappa shape index (κ3) is 5.21. The van der Waals surface area contributed by atoms with Crippen LogP contribution in [0.1, 0.15) is 56.9 Å². The van der Waals surface area contributed by atoms with Gasteiger partial charge in [0.2, 0.25) is 0 Å². The van der Waals surface area contributed by atoms with Gasteiger partial charge in [-0.3, -0.25) is 4.79 Å². The van der Waals surface area contributed by atoms with Crippen LogP contribution in [0.15, 0.2) is 49.1 Å². The summed E-state index contributed by atoms with van der Waals surface area (Å²) in [6.07, 6.45) is 1.62. The Kier molecular flexibility index (Phi) is 6.38. The maximum absolute atomic E-state index is 13.8. The largest absolute Gasteiger partial charge is 0.399 e. The number of benzene rings is 2. The fourth-order valence-corrected chi connectivity index (χ4v) is 3.74. The number of aryl methyl sites for hydroxylation is 3. The number of halogens is 4. The lowest BCUT2D eigenvalue weighted by atomic mass is 9.93. The van der Waals surface area contributed by atoms with Crippen molar-refractivity contribution in [2.75, 3.05) is 0 Å². The molecule has 31 heavy (non-hydrogen) atoms. The summed E-state index contributed by atoms with van der Waals surface area (Å²) >= 11 is 6.12. The highest BCUT2D eigenvalue weighted by molar-refractivity contribution is 6.32. The molecular weight excluding hydrogens is 423 g/mol. The lowest BCUT2D eigenvalue weighted by molar-refractivity contribution is -0.139. The molecule has 1 unspecified atom stereocenters. The van der Waals surface area contributed by atoms with Gasteiger partial charge in [0, 0.05) is 10.6 Å². The van der Waals surface area contributed by atoms with Crippen LogP contribution in [0.5, 0.6) is 0 Å². The topological polar surface area (TPSA) is 29.1 Å². The molecule has 1 amide bonds. The van der Waals surface area contributed by atoms with Gasteiger partial charge in [0.1, 0.15) is 0 Å². The Labute approximate surface area is 185 Å². The Morgan fingerprint density at radius 3 is 2.23 bits per heavy atom. The predicted octanol–water partition coefficient (Wildman–Crippen LogP) is 7.07. The molecule has 0 bridgehead atoms. The van der Waals surface area contributed by atoms with Crippen molar-refractivity contribution < 1.29 is 18.0 Å². The van der Waals surface area contributed by atoms with Crippen molar-refractivity contribution >= 4 is 23.6 Å². The molecular formula is C25H25ClF3NO. The Morgan fingerprint density at radius 2 is 1.74 bits per heavy atom. The lowest BCUT2D eigenvalue weighted by Crippen LogP contribution is -2.35. The van der Waals surface area contributed by atoms with Gasteiger partial charge in [0.25, 0.3) is 5.91 Å². The van der Waals surface area contributed by atoms with Crippen LogP contribution >= 0.6 is 11.6 Å². The Morgan fingerprint density at radius 1 is 1.13 bits per heavy atom. The van der Waals surface area contributed by atoms with E-state index >= 15 is 0 Å². The molecule has 0 aromatic heterocycles. The standard InChI is InChI=1S/C25H25ClF3NO/c1-5-24(10-11-24)30-23(31)20-8-6-18(12-15(20)2)7-9-21(25(27,28)29)19-13-16(3)22(26)17(4)14-19/h5-9,12-14,21H,1,10-11H2,2-4H3,(H,30,31)/b9-7+. The first-order chi connectivity index (χ1) is 14.5. The summed E-state index contributed by atoms with van der Waals surface area (Å²) in [6.45, 7) is 8.92. The van der Waals surface area contributed by atoms with E-state index in [2.05, 4.69) is 11.9 Å². The third-order valence-electron chi connectivity index (χ3n) is 5.69. The van der Waals surface area contributed by atoms with E-state index in [1.54, 1.807) is 45.0 Å². The van der Waals surface area contributed by atoms with Gasteiger partial charge in [-0.2, -0.15) is 13.2 Å². The zero-order valence-electron chi connectivity index (χ0n) is 17.7. The highest BCUT2D eigenvalue weighted by Gasteiger charge is 2.41. The van der Waals surface area contributed by atoms with Gasteiger partial charge in [-0.25, -0.2) is 0 Å². The van der Waals surface area contributed by atoms with Gasteiger partial charge in [0.05, 0.1) is 11.5 Å². The van der Waals surface area contributed by atoms with Crippen molar-refractivity contribution in [3.63, 3.8) is 0 Å². The number of rotatable bonds is 6. The fraction of sp³-hybridized carbons (Fsp3) is 0.320. The second-order valence-corrected chi connectivity index (χ2v) is 8.61.